The van der Waals surface area contributed by atoms with Crippen molar-refractivity contribution in [2.24, 2.45) is 5.73 Å². The fraction of sp³-hybridized carbons (Fsp3) is 0.250. The van der Waals surface area contributed by atoms with Gasteiger partial charge in [0.05, 0.1) is 12.0 Å². The average molecular weight is 273 g/mol. The Bertz CT molecular complexity index is 554. The van der Waals surface area contributed by atoms with Crippen molar-refractivity contribution in [2.75, 3.05) is 13.7 Å². The van der Waals surface area contributed by atoms with Gasteiger partial charge in [0.25, 0.3) is 0 Å². The Labute approximate surface area is 119 Å². The lowest BCUT2D eigenvalue weighted by atomic mass is 10.1. The highest BCUT2D eigenvalue weighted by molar-refractivity contribution is 7.99. The predicted octanol–water partition coefficient (Wildman–Crippen LogP) is 3.66. The number of hydrogen-bond donors (Lipinski definition) is 1. The first-order valence-electron chi connectivity index (χ1n) is 6.35. The van der Waals surface area contributed by atoms with Crippen LogP contribution in [0.2, 0.25) is 0 Å². The summed E-state index contributed by atoms with van der Waals surface area (Å²) in [7, 11) is 1.70. The van der Waals surface area contributed by atoms with Crippen LogP contribution in [0.25, 0.3) is 0 Å². The molecule has 100 valence electrons. The van der Waals surface area contributed by atoms with Crippen LogP contribution >= 0.6 is 11.8 Å². The van der Waals surface area contributed by atoms with E-state index in [1.165, 1.54) is 16.0 Å². The zero-order valence-corrected chi connectivity index (χ0v) is 12.2. The van der Waals surface area contributed by atoms with Crippen molar-refractivity contribution >= 4 is 11.8 Å². The third kappa shape index (κ3) is 3.52. The second-order valence-corrected chi connectivity index (χ2v) is 5.48. The molecule has 2 rings (SSSR count). The number of benzene rings is 2. The van der Waals surface area contributed by atoms with E-state index in [1.54, 1.807) is 18.9 Å². The summed E-state index contributed by atoms with van der Waals surface area (Å²) in [5.74, 6) is 0.915. The number of ether oxygens (including phenoxy) is 1. The van der Waals surface area contributed by atoms with Crippen molar-refractivity contribution in [2.45, 2.75) is 23.1 Å². The van der Waals surface area contributed by atoms with E-state index < -0.39 is 0 Å². The van der Waals surface area contributed by atoms with E-state index in [4.69, 9.17) is 10.5 Å². The molecule has 2 aromatic carbocycles. The highest BCUT2D eigenvalue weighted by Gasteiger charge is 2.06. The molecule has 3 heteroatoms. The maximum Gasteiger partial charge on any atom is 0.132 e. The minimum absolute atomic E-state index is 0.693. The largest absolute Gasteiger partial charge is 0.496 e. The number of aryl methyl sites for hydroxylation is 1. The maximum atomic E-state index is 5.59. The summed E-state index contributed by atoms with van der Waals surface area (Å²) in [5.41, 5.74) is 8.16. The summed E-state index contributed by atoms with van der Waals surface area (Å²) in [6.07, 6.45) is 0.931. The molecule has 0 amide bonds. The van der Waals surface area contributed by atoms with Crippen LogP contribution in [0.3, 0.4) is 0 Å². The third-order valence-corrected chi connectivity index (χ3v) is 4.20. The fourth-order valence-electron chi connectivity index (χ4n) is 1.97. The molecule has 0 saturated heterocycles. The molecular formula is C16H19NOS. The molecule has 0 aliphatic carbocycles. The Balaban J connectivity index is 2.23. The van der Waals surface area contributed by atoms with E-state index in [1.807, 2.05) is 18.2 Å². The molecule has 0 radical (unpaired) electrons. The third-order valence-electron chi connectivity index (χ3n) is 2.96. The smallest absolute Gasteiger partial charge is 0.132 e. The van der Waals surface area contributed by atoms with Crippen molar-refractivity contribution in [1.82, 2.24) is 0 Å². The highest BCUT2D eigenvalue weighted by Crippen LogP contribution is 2.36. The van der Waals surface area contributed by atoms with Gasteiger partial charge in [0.15, 0.2) is 0 Å². The standard InChI is InChI=1S/C16H19NOS/c1-12-11-13(9-10-17)7-8-15(12)19-16-6-4-3-5-14(16)18-2/h3-8,11H,9-10,17H2,1-2H3. The quantitative estimate of drug-likeness (QED) is 0.903. The topological polar surface area (TPSA) is 35.2 Å². The van der Waals surface area contributed by atoms with Crippen molar-refractivity contribution < 1.29 is 4.74 Å². The van der Waals surface area contributed by atoms with E-state index in [0.717, 1.165) is 17.1 Å². The summed E-state index contributed by atoms with van der Waals surface area (Å²) in [5, 5.41) is 0. The zero-order chi connectivity index (χ0) is 13.7. The van der Waals surface area contributed by atoms with Crippen LogP contribution in [-0.4, -0.2) is 13.7 Å². The molecule has 0 fully saturated rings. The highest BCUT2D eigenvalue weighted by atomic mass is 32.2. The van der Waals surface area contributed by atoms with Gasteiger partial charge < -0.3 is 10.5 Å². The van der Waals surface area contributed by atoms with Crippen LogP contribution < -0.4 is 10.5 Å². The first-order valence-corrected chi connectivity index (χ1v) is 7.16. The summed E-state index contributed by atoms with van der Waals surface area (Å²) in [6, 6.07) is 14.6. The zero-order valence-electron chi connectivity index (χ0n) is 11.3. The first kappa shape index (κ1) is 14.0. The Morgan fingerprint density at radius 1 is 1.11 bits per heavy atom. The minimum atomic E-state index is 0.693. The molecule has 0 aliphatic heterocycles. The van der Waals surface area contributed by atoms with Gasteiger partial charge in [-0.1, -0.05) is 36.0 Å². The molecule has 0 aromatic heterocycles. The Morgan fingerprint density at radius 3 is 2.58 bits per heavy atom. The van der Waals surface area contributed by atoms with E-state index in [-0.39, 0.29) is 0 Å². The summed E-state index contributed by atoms with van der Waals surface area (Å²) >= 11 is 1.74. The van der Waals surface area contributed by atoms with Crippen molar-refractivity contribution in [3.63, 3.8) is 0 Å². The van der Waals surface area contributed by atoms with Crippen LogP contribution in [0.15, 0.2) is 52.3 Å². The van der Waals surface area contributed by atoms with E-state index >= 15 is 0 Å². The second kappa shape index (κ2) is 6.64. The van der Waals surface area contributed by atoms with Crippen LogP contribution in [0.1, 0.15) is 11.1 Å². The normalized spacial score (nSPS) is 10.5. The Kier molecular flexibility index (Phi) is 4.88. The number of rotatable bonds is 5. The van der Waals surface area contributed by atoms with Gasteiger partial charge in [-0.25, -0.2) is 0 Å². The van der Waals surface area contributed by atoms with E-state index in [2.05, 4.69) is 31.2 Å². The SMILES string of the molecule is COc1ccccc1Sc1ccc(CCN)cc1C. The number of methoxy groups -OCH3 is 1. The monoisotopic (exact) mass is 273 g/mol. The van der Waals surface area contributed by atoms with Crippen LogP contribution in [0, 0.1) is 6.92 Å². The lowest BCUT2D eigenvalue weighted by Crippen LogP contribution is -2.02. The Hall–Kier alpha value is -1.45. The van der Waals surface area contributed by atoms with Crippen LogP contribution in [0.5, 0.6) is 5.75 Å². The fourth-order valence-corrected chi connectivity index (χ4v) is 2.96. The minimum Gasteiger partial charge on any atom is -0.496 e. The van der Waals surface area contributed by atoms with Gasteiger partial charge in [-0.3, -0.25) is 0 Å². The van der Waals surface area contributed by atoms with Gasteiger partial charge in [-0.05, 0) is 49.2 Å². The lowest BCUT2D eigenvalue weighted by molar-refractivity contribution is 0.405. The molecule has 0 saturated carbocycles. The predicted molar refractivity (Wildman–Crippen MR) is 81.1 cm³/mol. The summed E-state index contributed by atoms with van der Waals surface area (Å²) < 4.78 is 5.38. The molecule has 2 N–H and O–H groups in total. The molecule has 0 unspecified atom stereocenters. The Morgan fingerprint density at radius 2 is 1.89 bits per heavy atom. The summed E-state index contributed by atoms with van der Waals surface area (Å²) in [4.78, 5) is 2.39. The molecule has 0 bridgehead atoms. The molecule has 0 atom stereocenters. The molecule has 19 heavy (non-hydrogen) atoms. The second-order valence-electron chi connectivity index (χ2n) is 4.39. The molecule has 0 aliphatic rings. The van der Waals surface area contributed by atoms with Gasteiger partial charge in [-0.15, -0.1) is 0 Å². The van der Waals surface area contributed by atoms with Crippen LogP contribution in [0.4, 0.5) is 0 Å². The van der Waals surface area contributed by atoms with Gasteiger partial charge >= 0.3 is 0 Å². The number of hydrogen-bond acceptors (Lipinski definition) is 3. The van der Waals surface area contributed by atoms with Crippen molar-refractivity contribution in [1.29, 1.82) is 0 Å². The number of para-hydroxylation sites is 1. The van der Waals surface area contributed by atoms with Crippen molar-refractivity contribution in [3.05, 3.63) is 53.6 Å². The van der Waals surface area contributed by atoms with E-state index in [9.17, 15) is 0 Å². The maximum absolute atomic E-state index is 5.59. The van der Waals surface area contributed by atoms with Gasteiger partial charge in [-0.2, -0.15) is 0 Å². The van der Waals surface area contributed by atoms with Crippen LogP contribution in [-0.2, 0) is 6.42 Å². The van der Waals surface area contributed by atoms with Gasteiger partial charge in [0.2, 0.25) is 0 Å². The van der Waals surface area contributed by atoms with Gasteiger partial charge in [0, 0.05) is 4.90 Å². The lowest BCUT2D eigenvalue weighted by Gasteiger charge is -2.10. The summed E-state index contributed by atoms with van der Waals surface area (Å²) in [6.45, 7) is 2.83. The molecule has 2 nitrogen and oxygen atoms in total. The average Bonchev–Trinajstić information content (AvgIpc) is 2.43. The van der Waals surface area contributed by atoms with E-state index in [0.29, 0.717) is 6.54 Å². The van der Waals surface area contributed by atoms with Crippen molar-refractivity contribution in [3.8, 4) is 5.75 Å². The molecule has 2 aromatic rings. The molecular weight excluding hydrogens is 254 g/mol. The molecule has 0 heterocycles. The first-order chi connectivity index (χ1) is 9.24. The number of nitrogens with two attached hydrogens (primary N) is 1. The molecule has 0 spiro atoms. The van der Waals surface area contributed by atoms with Gasteiger partial charge in [0.1, 0.15) is 5.75 Å².